The zero-order valence-electron chi connectivity index (χ0n) is 11.8. The van der Waals surface area contributed by atoms with Gasteiger partial charge in [-0.25, -0.2) is 4.98 Å². The van der Waals surface area contributed by atoms with E-state index in [-0.39, 0.29) is 5.54 Å². The maximum atomic E-state index is 4.45. The summed E-state index contributed by atoms with van der Waals surface area (Å²) in [5.41, 5.74) is 1.99. The lowest BCUT2D eigenvalue weighted by Crippen LogP contribution is -2.37. The van der Waals surface area contributed by atoms with Crippen LogP contribution in [-0.4, -0.2) is 31.7 Å². The number of aryl methyl sites for hydroxylation is 2. The molecule has 1 N–H and O–H groups in total. The Balaban J connectivity index is 2.19. The largest absolute Gasteiger partial charge is 0.312 e. The van der Waals surface area contributed by atoms with Gasteiger partial charge in [-0.1, -0.05) is 0 Å². The van der Waals surface area contributed by atoms with Crippen LogP contribution in [0.5, 0.6) is 0 Å². The van der Waals surface area contributed by atoms with Crippen LogP contribution < -0.4 is 5.32 Å². The van der Waals surface area contributed by atoms with E-state index in [4.69, 9.17) is 0 Å². The van der Waals surface area contributed by atoms with Gasteiger partial charge in [0.15, 0.2) is 5.65 Å². The molecular weight excluding hydrogens is 226 g/mol. The van der Waals surface area contributed by atoms with E-state index < -0.39 is 0 Å². The number of fused-ring (bicyclic) bond motifs is 1. The Labute approximate surface area is 108 Å². The van der Waals surface area contributed by atoms with Gasteiger partial charge >= 0.3 is 0 Å². The highest BCUT2D eigenvalue weighted by Gasteiger charge is 2.11. The van der Waals surface area contributed by atoms with Crippen LogP contribution in [0, 0.1) is 13.8 Å². The second-order valence-electron chi connectivity index (χ2n) is 5.68. The summed E-state index contributed by atoms with van der Waals surface area (Å²) in [5.74, 6) is 1.91. The van der Waals surface area contributed by atoms with Gasteiger partial charge in [-0.05, 0) is 34.6 Å². The zero-order chi connectivity index (χ0) is 13.3. The summed E-state index contributed by atoms with van der Waals surface area (Å²) < 4.78 is 2.03. The standard InChI is InChI=1S/C13H21N5/c1-9-8-12-17-16-11(18(12)10(2)15-9)6-7-14-13(3,4)5/h8,14H,6-7H2,1-5H3. The van der Waals surface area contributed by atoms with Crippen molar-refractivity contribution < 1.29 is 0 Å². The lowest BCUT2D eigenvalue weighted by Gasteiger charge is -2.20. The predicted molar refractivity (Wildman–Crippen MR) is 71.7 cm³/mol. The van der Waals surface area contributed by atoms with Crippen LogP contribution in [0.1, 0.15) is 38.1 Å². The fraction of sp³-hybridized carbons (Fsp3) is 0.615. The Hall–Kier alpha value is -1.49. The molecule has 2 aromatic heterocycles. The Kier molecular flexibility index (Phi) is 3.34. The number of nitrogens with zero attached hydrogens (tertiary/aromatic N) is 4. The molecule has 0 amide bonds. The van der Waals surface area contributed by atoms with Crippen LogP contribution in [0.2, 0.25) is 0 Å². The first kappa shape index (κ1) is 13.0. The number of aromatic nitrogens is 4. The van der Waals surface area contributed by atoms with Crippen molar-refractivity contribution in [3.05, 3.63) is 23.4 Å². The van der Waals surface area contributed by atoms with Crippen LogP contribution in [0.25, 0.3) is 5.65 Å². The Morgan fingerprint density at radius 2 is 1.94 bits per heavy atom. The third-order valence-corrected chi connectivity index (χ3v) is 2.76. The topological polar surface area (TPSA) is 55.1 Å². The smallest absolute Gasteiger partial charge is 0.164 e. The summed E-state index contributed by atoms with van der Waals surface area (Å²) in [6, 6.07) is 1.96. The summed E-state index contributed by atoms with van der Waals surface area (Å²) in [7, 11) is 0. The minimum Gasteiger partial charge on any atom is -0.312 e. The molecule has 0 aliphatic heterocycles. The minimum absolute atomic E-state index is 0.129. The van der Waals surface area contributed by atoms with E-state index in [1.807, 2.05) is 24.3 Å². The summed E-state index contributed by atoms with van der Waals surface area (Å²) in [6.07, 6.45) is 0.851. The zero-order valence-corrected chi connectivity index (χ0v) is 11.8. The van der Waals surface area contributed by atoms with Crippen molar-refractivity contribution in [1.29, 1.82) is 0 Å². The molecule has 0 spiro atoms. The molecule has 0 bridgehead atoms. The predicted octanol–water partition coefficient (Wildman–Crippen LogP) is 1.67. The highest BCUT2D eigenvalue weighted by molar-refractivity contribution is 5.39. The van der Waals surface area contributed by atoms with Crippen molar-refractivity contribution in [2.24, 2.45) is 0 Å². The Morgan fingerprint density at radius 3 is 2.61 bits per heavy atom. The quantitative estimate of drug-likeness (QED) is 0.896. The third kappa shape index (κ3) is 2.85. The molecule has 0 aromatic carbocycles. The first-order valence-corrected chi connectivity index (χ1v) is 6.30. The molecule has 5 nitrogen and oxygen atoms in total. The molecule has 0 radical (unpaired) electrons. The maximum absolute atomic E-state index is 4.45. The van der Waals surface area contributed by atoms with Gasteiger partial charge in [0, 0.05) is 30.3 Å². The molecule has 98 valence electrons. The highest BCUT2D eigenvalue weighted by atomic mass is 15.3. The number of rotatable bonds is 3. The molecule has 2 rings (SSSR count). The summed E-state index contributed by atoms with van der Waals surface area (Å²) in [4.78, 5) is 4.45. The summed E-state index contributed by atoms with van der Waals surface area (Å²) in [5, 5.41) is 11.9. The van der Waals surface area contributed by atoms with Gasteiger partial charge < -0.3 is 5.32 Å². The number of hydrogen-bond donors (Lipinski definition) is 1. The van der Waals surface area contributed by atoms with Crippen molar-refractivity contribution in [1.82, 2.24) is 24.9 Å². The molecule has 0 saturated carbocycles. The van der Waals surface area contributed by atoms with Crippen LogP contribution in [0.3, 0.4) is 0 Å². The third-order valence-electron chi connectivity index (χ3n) is 2.76. The van der Waals surface area contributed by atoms with Gasteiger partial charge in [0.1, 0.15) is 11.6 Å². The molecule has 0 atom stereocenters. The second kappa shape index (κ2) is 4.65. The van der Waals surface area contributed by atoms with Crippen molar-refractivity contribution in [2.75, 3.05) is 6.54 Å². The van der Waals surface area contributed by atoms with Gasteiger partial charge in [-0.2, -0.15) is 0 Å². The highest BCUT2D eigenvalue weighted by Crippen LogP contribution is 2.08. The van der Waals surface area contributed by atoms with Gasteiger partial charge in [-0.3, -0.25) is 4.40 Å². The average Bonchev–Trinajstić information content (AvgIpc) is 2.59. The van der Waals surface area contributed by atoms with Crippen LogP contribution in [0.4, 0.5) is 0 Å². The van der Waals surface area contributed by atoms with E-state index in [9.17, 15) is 0 Å². The lowest BCUT2D eigenvalue weighted by molar-refractivity contribution is 0.427. The van der Waals surface area contributed by atoms with Gasteiger partial charge in [0.25, 0.3) is 0 Å². The van der Waals surface area contributed by atoms with E-state index in [0.717, 1.165) is 36.0 Å². The lowest BCUT2D eigenvalue weighted by atomic mass is 10.1. The summed E-state index contributed by atoms with van der Waals surface area (Å²) >= 11 is 0. The van der Waals surface area contributed by atoms with E-state index in [1.54, 1.807) is 0 Å². The number of nitrogens with one attached hydrogen (secondary N) is 1. The maximum Gasteiger partial charge on any atom is 0.164 e. The van der Waals surface area contributed by atoms with E-state index in [1.165, 1.54) is 0 Å². The van der Waals surface area contributed by atoms with Crippen molar-refractivity contribution >= 4 is 5.65 Å². The van der Waals surface area contributed by atoms with Gasteiger partial charge in [0.05, 0.1) is 0 Å². The molecular formula is C13H21N5. The van der Waals surface area contributed by atoms with Crippen molar-refractivity contribution in [3.63, 3.8) is 0 Å². The molecule has 18 heavy (non-hydrogen) atoms. The fourth-order valence-electron chi connectivity index (χ4n) is 2.01. The monoisotopic (exact) mass is 247 g/mol. The van der Waals surface area contributed by atoms with Crippen molar-refractivity contribution in [2.45, 2.75) is 46.6 Å². The molecule has 0 fully saturated rings. The molecule has 0 unspecified atom stereocenters. The Morgan fingerprint density at radius 1 is 1.22 bits per heavy atom. The fourth-order valence-corrected chi connectivity index (χ4v) is 2.01. The van der Waals surface area contributed by atoms with Crippen molar-refractivity contribution in [3.8, 4) is 0 Å². The summed E-state index contributed by atoms with van der Waals surface area (Å²) in [6.45, 7) is 11.3. The second-order valence-corrected chi connectivity index (χ2v) is 5.68. The number of hydrogen-bond acceptors (Lipinski definition) is 4. The molecule has 2 aromatic rings. The van der Waals surface area contributed by atoms with Gasteiger partial charge in [0.2, 0.25) is 0 Å². The van der Waals surface area contributed by atoms with E-state index >= 15 is 0 Å². The van der Waals surface area contributed by atoms with Gasteiger partial charge in [-0.15, -0.1) is 10.2 Å². The van der Waals surface area contributed by atoms with Crippen LogP contribution in [-0.2, 0) is 6.42 Å². The molecule has 2 heterocycles. The first-order chi connectivity index (χ1) is 8.37. The minimum atomic E-state index is 0.129. The molecule has 0 aliphatic carbocycles. The normalized spacial score (nSPS) is 12.3. The van der Waals surface area contributed by atoms with E-state index in [2.05, 4.69) is 41.3 Å². The molecule has 0 saturated heterocycles. The first-order valence-electron chi connectivity index (χ1n) is 6.30. The molecule has 5 heteroatoms. The van der Waals surface area contributed by atoms with Crippen LogP contribution in [0.15, 0.2) is 6.07 Å². The van der Waals surface area contributed by atoms with E-state index in [0.29, 0.717) is 0 Å². The molecule has 0 aliphatic rings. The average molecular weight is 247 g/mol. The SMILES string of the molecule is Cc1cc2nnc(CCNC(C)(C)C)n2c(C)n1. The Bertz CT molecular complexity index is 550. The van der Waals surface area contributed by atoms with Crippen LogP contribution >= 0.6 is 0 Å².